The van der Waals surface area contributed by atoms with E-state index in [0.717, 1.165) is 13.1 Å². The zero-order valence-electron chi connectivity index (χ0n) is 4.48. The number of rotatable bonds is 0. The molecule has 0 saturated carbocycles. The molecule has 4 heteroatoms. The molecule has 1 aliphatic heterocycles. The molecular formula is C4H9N3S. The predicted molar refractivity (Wildman–Crippen MR) is 36.6 cm³/mol. The van der Waals surface area contributed by atoms with Crippen molar-refractivity contribution in [3.8, 4) is 0 Å². The summed E-state index contributed by atoms with van der Waals surface area (Å²) in [7, 11) is 0. The quantitative estimate of drug-likeness (QED) is 0.361. The van der Waals surface area contributed by atoms with Gasteiger partial charge >= 0.3 is 0 Å². The molecule has 0 aromatic heterocycles. The molecule has 1 fully saturated rings. The topological polar surface area (TPSA) is 50.1 Å². The molecule has 0 unspecified atom stereocenters. The van der Waals surface area contributed by atoms with Crippen LogP contribution in [0.3, 0.4) is 0 Å². The molecule has 4 N–H and O–H groups in total. The Morgan fingerprint density at radius 2 is 2.00 bits per heavy atom. The highest BCUT2D eigenvalue weighted by atomic mass is 32.1. The molecule has 0 aromatic carbocycles. The second-order valence-electron chi connectivity index (χ2n) is 1.85. The second-order valence-corrected chi connectivity index (χ2v) is 2.26. The van der Waals surface area contributed by atoms with Crippen LogP contribution in [-0.2, 0) is 0 Å². The van der Waals surface area contributed by atoms with Crippen LogP contribution in [0.1, 0.15) is 0 Å². The molecule has 0 amide bonds. The van der Waals surface area contributed by atoms with Crippen LogP contribution in [0.25, 0.3) is 0 Å². The van der Waals surface area contributed by atoms with Crippen molar-refractivity contribution in [1.82, 2.24) is 10.6 Å². The fourth-order valence-corrected chi connectivity index (χ4v) is 0.749. The summed E-state index contributed by atoms with van der Waals surface area (Å²) in [6.07, 6.45) is 0. The van der Waals surface area contributed by atoms with Crippen LogP contribution in [-0.4, -0.2) is 24.2 Å². The van der Waals surface area contributed by atoms with Crippen molar-refractivity contribution in [2.75, 3.05) is 13.1 Å². The average Bonchev–Trinajstić information content (AvgIpc) is 1.77. The Kier molecular flexibility index (Phi) is 1.65. The van der Waals surface area contributed by atoms with Gasteiger partial charge in [0.05, 0.1) is 0 Å². The van der Waals surface area contributed by atoms with Crippen LogP contribution in [0.15, 0.2) is 0 Å². The van der Waals surface area contributed by atoms with Crippen molar-refractivity contribution in [2.24, 2.45) is 5.73 Å². The highest BCUT2D eigenvalue weighted by Crippen LogP contribution is 1.80. The smallest absolute Gasteiger partial charge is 0.166 e. The van der Waals surface area contributed by atoms with Gasteiger partial charge in [0.1, 0.15) is 0 Å². The molecule has 0 spiro atoms. The molecule has 0 aliphatic carbocycles. The van der Waals surface area contributed by atoms with Gasteiger partial charge in [0.2, 0.25) is 0 Å². The first-order valence-electron chi connectivity index (χ1n) is 2.56. The standard InChI is InChI=1S/C4H9N3S/c5-3-1-6-4(8)7-2-3/h3H,1-2,5H2,(H2,6,7,8). The zero-order chi connectivity index (χ0) is 5.98. The highest BCUT2D eigenvalue weighted by molar-refractivity contribution is 7.80. The largest absolute Gasteiger partial charge is 0.361 e. The van der Waals surface area contributed by atoms with E-state index in [-0.39, 0.29) is 6.04 Å². The summed E-state index contributed by atoms with van der Waals surface area (Å²) < 4.78 is 0. The van der Waals surface area contributed by atoms with E-state index in [2.05, 4.69) is 10.6 Å². The fourth-order valence-electron chi connectivity index (χ4n) is 0.582. The number of hydrogen-bond donors (Lipinski definition) is 3. The van der Waals surface area contributed by atoms with Crippen LogP contribution in [0.5, 0.6) is 0 Å². The summed E-state index contributed by atoms with van der Waals surface area (Å²) >= 11 is 4.78. The molecule has 0 bridgehead atoms. The lowest BCUT2D eigenvalue weighted by Crippen LogP contribution is -2.54. The van der Waals surface area contributed by atoms with Crippen molar-refractivity contribution in [2.45, 2.75) is 6.04 Å². The number of thiocarbonyl (C=S) groups is 1. The summed E-state index contributed by atoms with van der Waals surface area (Å²) in [6.45, 7) is 1.59. The average molecular weight is 131 g/mol. The Morgan fingerprint density at radius 1 is 1.50 bits per heavy atom. The Hall–Kier alpha value is -0.350. The van der Waals surface area contributed by atoms with E-state index in [1.54, 1.807) is 0 Å². The third-order valence-electron chi connectivity index (χ3n) is 1.05. The van der Waals surface area contributed by atoms with Gasteiger partial charge in [-0.1, -0.05) is 0 Å². The summed E-state index contributed by atoms with van der Waals surface area (Å²) in [5.74, 6) is 0. The monoisotopic (exact) mass is 131 g/mol. The zero-order valence-corrected chi connectivity index (χ0v) is 5.29. The van der Waals surface area contributed by atoms with Gasteiger partial charge in [-0.3, -0.25) is 0 Å². The van der Waals surface area contributed by atoms with Crippen LogP contribution in [0, 0.1) is 0 Å². The molecule has 1 saturated heterocycles. The van der Waals surface area contributed by atoms with Crippen LogP contribution in [0.4, 0.5) is 0 Å². The number of nitrogens with two attached hydrogens (primary N) is 1. The molecule has 1 aliphatic rings. The molecule has 8 heavy (non-hydrogen) atoms. The summed E-state index contributed by atoms with van der Waals surface area (Å²) in [6, 6.07) is 0.210. The maximum absolute atomic E-state index is 5.51. The maximum atomic E-state index is 5.51. The minimum Gasteiger partial charge on any atom is -0.361 e. The summed E-state index contributed by atoms with van der Waals surface area (Å²) in [4.78, 5) is 0. The van der Waals surface area contributed by atoms with Crippen LogP contribution >= 0.6 is 12.2 Å². The third-order valence-corrected chi connectivity index (χ3v) is 1.34. The van der Waals surface area contributed by atoms with E-state index >= 15 is 0 Å². The summed E-state index contributed by atoms with van der Waals surface area (Å²) in [5, 5.41) is 6.57. The molecule has 46 valence electrons. The van der Waals surface area contributed by atoms with Crippen molar-refractivity contribution >= 4 is 17.3 Å². The Labute approximate surface area is 53.6 Å². The van der Waals surface area contributed by atoms with Crippen LogP contribution in [0.2, 0.25) is 0 Å². The lowest BCUT2D eigenvalue weighted by Gasteiger charge is -2.21. The van der Waals surface area contributed by atoms with E-state index in [1.165, 1.54) is 0 Å². The number of hydrogen-bond acceptors (Lipinski definition) is 2. The second kappa shape index (κ2) is 2.28. The first-order valence-corrected chi connectivity index (χ1v) is 2.97. The predicted octanol–water partition coefficient (Wildman–Crippen LogP) is -1.21. The van der Waals surface area contributed by atoms with E-state index in [9.17, 15) is 0 Å². The molecule has 3 nitrogen and oxygen atoms in total. The van der Waals surface area contributed by atoms with Gasteiger partial charge in [0, 0.05) is 19.1 Å². The van der Waals surface area contributed by atoms with E-state index in [4.69, 9.17) is 18.0 Å². The lowest BCUT2D eigenvalue weighted by molar-refractivity contribution is 0.583. The molecule has 1 rings (SSSR count). The minimum atomic E-state index is 0.210. The van der Waals surface area contributed by atoms with Gasteiger partial charge in [-0.15, -0.1) is 0 Å². The van der Waals surface area contributed by atoms with E-state index < -0.39 is 0 Å². The van der Waals surface area contributed by atoms with E-state index in [0.29, 0.717) is 5.11 Å². The molecule has 0 aromatic rings. The first-order chi connectivity index (χ1) is 3.79. The van der Waals surface area contributed by atoms with Crippen molar-refractivity contribution in [3.63, 3.8) is 0 Å². The fraction of sp³-hybridized carbons (Fsp3) is 0.750. The molecule has 1 heterocycles. The molecule has 0 atom stereocenters. The Balaban J connectivity index is 2.29. The SMILES string of the molecule is NC1CNC(=S)NC1. The number of nitrogens with one attached hydrogen (secondary N) is 2. The van der Waals surface area contributed by atoms with Gasteiger partial charge in [0.15, 0.2) is 5.11 Å². The van der Waals surface area contributed by atoms with Gasteiger partial charge in [0.25, 0.3) is 0 Å². The van der Waals surface area contributed by atoms with Crippen molar-refractivity contribution in [1.29, 1.82) is 0 Å². The van der Waals surface area contributed by atoms with E-state index in [1.807, 2.05) is 0 Å². The molecular weight excluding hydrogens is 122 g/mol. The van der Waals surface area contributed by atoms with Crippen molar-refractivity contribution in [3.05, 3.63) is 0 Å². The maximum Gasteiger partial charge on any atom is 0.166 e. The molecule has 0 radical (unpaired) electrons. The Bertz CT molecular complexity index is 93.5. The van der Waals surface area contributed by atoms with Gasteiger partial charge in [-0.25, -0.2) is 0 Å². The van der Waals surface area contributed by atoms with Gasteiger partial charge in [-0.05, 0) is 12.2 Å². The van der Waals surface area contributed by atoms with Gasteiger partial charge in [-0.2, -0.15) is 0 Å². The summed E-state index contributed by atoms with van der Waals surface area (Å²) in [5.41, 5.74) is 5.51. The van der Waals surface area contributed by atoms with Crippen molar-refractivity contribution < 1.29 is 0 Å². The van der Waals surface area contributed by atoms with Gasteiger partial charge < -0.3 is 16.4 Å². The minimum absolute atomic E-state index is 0.210. The Morgan fingerprint density at radius 3 is 2.38 bits per heavy atom. The highest BCUT2D eigenvalue weighted by Gasteiger charge is 2.08. The van der Waals surface area contributed by atoms with Crippen LogP contribution < -0.4 is 16.4 Å². The third kappa shape index (κ3) is 1.31. The lowest BCUT2D eigenvalue weighted by atomic mass is 10.3. The normalized spacial score (nSPS) is 21.9. The first kappa shape index (κ1) is 5.78.